The molecule has 4 rings (SSSR count). The second-order valence-corrected chi connectivity index (χ2v) is 9.69. The van der Waals surface area contributed by atoms with Gasteiger partial charge in [-0.3, -0.25) is 9.69 Å². The molecule has 0 aromatic heterocycles. The van der Waals surface area contributed by atoms with E-state index in [0.29, 0.717) is 45.3 Å². The molecular weight excluding hydrogens is 440 g/mol. The largest absolute Gasteiger partial charge is 0.433 e. The van der Waals surface area contributed by atoms with Crippen LogP contribution in [0.3, 0.4) is 0 Å². The Balaban J connectivity index is 1.37. The molecule has 7 nitrogen and oxygen atoms in total. The Hall–Kier alpha value is -3.37. The molecule has 1 aliphatic carbocycles. The van der Waals surface area contributed by atoms with Gasteiger partial charge in [-0.1, -0.05) is 67.1 Å². The lowest BCUT2D eigenvalue weighted by Crippen LogP contribution is -2.61. The van der Waals surface area contributed by atoms with Crippen LogP contribution in [-0.2, 0) is 22.6 Å². The molecule has 1 heterocycles. The number of nitrogens with zero attached hydrogens (tertiary/aromatic N) is 2. The standard InChI is InChI=1S/C28H34N4O3/c29-22-27(16-18-32(19-17-27)21-24-12-6-2-7-13-24)31-25(33)28(14-8-3-9-15-28)35-26(34)30-20-23-10-4-1-5-11-23/h1-2,4-7,10-13H,3,8-9,14-21H2,(H,30,34)(H,31,33). The van der Waals surface area contributed by atoms with Gasteiger partial charge in [0.05, 0.1) is 6.07 Å². The fourth-order valence-electron chi connectivity index (χ4n) is 5.01. The molecule has 1 saturated carbocycles. The maximum atomic E-state index is 13.6. The number of carbonyl (C=O) groups excluding carboxylic acids is 2. The quantitative estimate of drug-likeness (QED) is 0.624. The van der Waals surface area contributed by atoms with Crippen molar-refractivity contribution in [3.8, 4) is 6.07 Å². The summed E-state index contributed by atoms with van der Waals surface area (Å²) in [5.41, 5.74) is 0.0113. The van der Waals surface area contributed by atoms with Crippen LogP contribution < -0.4 is 10.6 Å². The number of amides is 2. The van der Waals surface area contributed by atoms with E-state index < -0.39 is 17.2 Å². The monoisotopic (exact) mass is 474 g/mol. The van der Waals surface area contributed by atoms with Gasteiger partial charge >= 0.3 is 6.09 Å². The Morgan fingerprint density at radius 3 is 2.09 bits per heavy atom. The second-order valence-electron chi connectivity index (χ2n) is 9.69. The molecule has 7 heteroatoms. The number of rotatable bonds is 7. The van der Waals surface area contributed by atoms with Gasteiger partial charge in [-0.25, -0.2) is 4.79 Å². The van der Waals surface area contributed by atoms with Crippen LogP contribution in [-0.4, -0.2) is 41.1 Å². The van der Waals surface area contributed by atoms with Gasteiger partial charge in [-0.2, -0.15) is 5.26 Å². The Morgan fingerprint density at radius 1 is 0.886 bits per heavy atom. The van der Waals surface area contributed by atoms with E-state index in [1.807, 2.05) is 48.5 Å². The van der Waals surface area contributed by atoms with Crippen molar-refractivity contribution < 1.29 is 14.3 Å². The zero-order chi connectivity index (χ0) is 24.6. The van der Waals surface area contributed by atoms with Gasteiger partial charge in [0.25, 0.3) is 5.91 Å². The van der Waals surface area contributed by atoms with Crippen molar-refractivity contribution in [3.63, 3.8) is 0 Å². The van der Waals surface area contributed by atoms with Crippen LogP contribution in [0.2, 0.25) is 0 Å². The molecular formula is C28H34N4O3. The van der Waals surface area contributed by atoms with Crippen LogP contribution in [0.5, 0.6) is 0 Å². The Morgan fingerprint density at radius 2 is 1.49 bits per heavy atom. The van der Waals surface area contributed by atoms with E-state index in [1.165, 1.54) is 5.56 Å². The SMILES string of the molecule is N#CC1(NC(=O)C2(OC(=O)NCc3ccccc3)CCCCC2)CCN(Cc2ccccc2)CC1. The smallest absolute Gasteiger partial charge is 0.408 e. The topological polar surface area (TPSA) is 94.5 Å². The minimum absolute atomic E-state index is 0.330. The normalized spacial score (nSPS) is 19.2. The number of hydrogen-bond donors (Lipinski definition) is 2. The summed E-state index contributed by atoms with van der Waals surface area (Å²) in [5, 5.41) is 15.8. The highest BCUT2D eigenvalue weighted by Crippen LogP contribution is 2.34. The summed E-state index contributed by atoms with van der Waals surface area (Å²) in [6.07, 6.45) is 4.04. The molecule has 2 fully saturated rings. The molecule has 1 saturated heterocycles. The average molecular weight is 475 g/mol. The maximum Gasteiger partial charge on any atom is 0.408 e. The van der Waals surface area contributed by atoms with Crippen LogP contribution >= 0.6 is 0 Å². The van der Waals surface area contributed by atoms with Gasteiger partial charge in [0, 0.05) is 26.2 Å². The zero-order valence-corrected chi connectivity index (χ0v) is 20.2. The third-order valence-corrected chi connectivity index (χ3v) is 7.17. The molecule has 2 aliphatic rings. The van der Waals surface area contributed by atoms with Gasteiger partial charge in [-0.15, -0.1) is 0 Å². The van der Waals surface area contributed by atoms with Crippen LogP contribution in [0.1, 0.15) is 56.1 Å². The molecule has 35 heavy (non-hydrogen) atoms. The van der Waals surface area contributed by atoms with E-state index in [4.69, 9.17) is 4.74 Å². The Kier molecular flexibility index (Phi) is 8.04. The number of carbonyl (C=O) groups is 2. The van der Waals surface area contributed by atoms with E-state index in [9.17, 15) is 14.9 Å². The van der Waals surface area contributed by atoms with Gasteiger partial charge in [-0.05, 0) is 49.7 Å². The molecule has 0 bridgehead atoms. The fourth-order valence-corrected chi connectivity index (χ4v) is 5.01. The van der Waals surface area contributed by atoms with Crippen LogP contribution in [0.25, 0.3) is 0 Å². The van der Waals surface area contributed by atoms with E-state index >= 15 is 0 Å². The van der Waals surface area contributed by atoms with Crippen LogP contribution in [0.4, 0.5) is 4.79 Å². The first-order chi connectivity index (χ1) is 17.0. The lowest BCUT2D eigenvalue weighted by Gasteiger charge is -2.41. The molecule has 2 aromatic carbocycles. The summed E-state index contributed by atoms with van der Waals surface area (Å²) in [4.78, 5) is 28.5. The number of nitrogens with one attached hydrogen (secondary N) is 2. The van der Waals surface area contributed by atoms with E-state index in [2.05, 4.69) is 33.7 Å². The highest BCUT2D eigenvalue weighted by atomic mass is 16.6. The third-order valence-electron chi connectivity index (χ3n) is 7.17. The van der Waals surface area contributed by atoms with Gasteiger partial charge in [0.15, 0.2) is 5.60 Å². The number of benzene rings is 2. The summed E-state index contributed by atoms with van der Waals surface area (Å²) in [5.74, 6) is -0.342. The molecule has 1 aliphatic heterocycles. The first-order valence-corrected chi connectivity index (χ1v) is 12.5. The van der Waals surface area contributed by atoms with Gasteiger partial charge in [0.2, 0.25) is 0 Å². The summed E-state index contributed by atoms with van der Waals surface area (Å²) in [6, 6.07) is 22.2. The first-order valence-electron chi connectivity index (χ1n) is 12.5. The van der Waals surface area contributed by atoms with Crippen molar-refractivity contribution in [2.45, 2.75) is 69.2 Å². The van der Waals surface area contributed by atoms with Crippen LogP contribution in [0, 0.1) is 11.3 Å². The van der Waals surface area contributed by atoms with Crippen molar-refractivity contribution >= 4 is 12.0 Å². The maximum absolute atomic E-state index is 13.6. The number of piperidine rings is 1. The van der Waals surface area contributed by atoms with Crippen molar-refractivity contribution in [1.29, 1.82) is 5.26 Å². The predicted molar refractivity (Wildman–Crippen MR) is 133 cm³/mol. The molecule has 2 aromatic rings. The van der Waals surface area contributed by atoms with E-state index in [-0.39, 0.29) is 5.91 Å². The van der Waals surface area contributed by atoms with Crippen LogP contribution in [0.15, 0.2) is 60.7 Å². The summed E-state index contributed by atoms with van der Waals surface area (Å²) < 4.78 is 5.81. The average Bonchev–Trinajstić information content (AvgIpc) is 2.90. The van der Waals surface area contributed by atoms with Crippen molar-refractivity contribution in [3.05, 3.63) is 71.8 Å². The molecule has 2 N–H and O–H groups in total. The second kappa shape index (κ2) is 11.4. The number of nitriles is 1. The summed E-state index contributed by atoms with van der Waals surface area (Å²) in [7, 11) is 0. The van der Waals surface area contributed by atoms with Crippen molar-refractivity contribution in [2.75, 3.05) is 13.1 Å². The molecule has 0 atom stereocenters. The lowest BCUT2D eigenvalue weighted by atomic mass is 9.81. The number of alkyl carbamates (subject to hydrolysis) is 1. The Labute approximate surface area is 207 Å². The third kappa shape index (κ3) is 6.40. The molecule has 184 valence electrons. The van der Waals surface area contributed by atoms with Crippen molar-refractivity contribution in [2.24, 2.45) is 0 Å². The van der Waals surface area contributed by atoms with Crippen molar-refractivity contribution in [1.82, 2.24) is 15.5 Å². The minimum atomic E-state index is -1.23. The lowest BCUT2D eigenvalue weighted by molar-refractivity contribution is -0.145. The number of hydrogen-bond acceptors (Lipinski definition) is 5. The number of ether oxygens (including phenoxy) is 1. The zero-order valence-electron chi connectivity index (χ0n) is 20.2. The molecule has 2 amide bonds. The summed E-state index contributed by atoms with van der Waals surface area (Å²) in [6.45, 7) is 2.59. The first kappa shape index (κ1) is 24.7. The van der Waals surface area contributed by atoms with Gasteiger partial charge < -0.3 is 15.4 Å². The highest BCUT2D eigenvalue weighted by Gasteiger charge is 2.47. The summed E-state index contributed by atoms with van der Waals surface area (Å²) >= 11 is 0. The van der Waals surface area contributed by atoms with Gasteiger partial charge in [0.1, 0.15) is 5.54 Å². The van der Waals surface area contributed by atoms with E-state index in [1.54, 1.807) is 0 Å². The number of likely N-dealkylation sites (tertiary alicyclic amines) is 1. The molecule has 0 unspecified atom stereocenters. The Bertz CT molecular complexity index is 1020. The molecule has 0 spiro atoms. The van der Waals surface area contributed by atoms with E-state index in [0.717, 1.165) is 31.4 Å². The predicted octanol–water partition coefficient (Wildman–Crippen LogP) is 4.29. The minimum Gasteiger partial charge on any atom is -0.433 e. The molecule has 0 radical (unpaired) electrons. The highest BCUT2D eigenvalue weighted by molar-refractivity contribution is 5.88. The fraction of sp³-hybridized carbons (Fsp3) is 0.464.